The summed E-state index contributed by atoms with van der Waals surface area (Å²) in [6, 6.07) is 0. The van der Waals surface area contributed by atoms with Crippen LogP contribution in [0.3, 0.4) is 0 Å². The number of rotatable bonds is 1. The monoisotopic (exact) mass is 246 g/mol. The van der Waals surface area contributed by atoms with Gasteiger partial charge < -0.3 is 0 Å². The molecule has 0 aromatic heterocycles. The molecule has 0 aromatic carbocycles. The summed E-state index contributed by atoms with van der Waals surface area (Å²) in [4.78, 5) is 0. The molecule has 0 amide bonds. The van der Waals surface area contributed by atoms with Crippen molar-refractivity contribution in [2.75, 3.05) is 0 Å². The molecule has 0 radical (unpaired) electrons. The summed E-state index contributed by atoms with van der Waals surface area (Å²) in [7, 11) is 0. The molecule has 2 atom stereocenters. The maximum atomic E-state index is 6.34. The second-order valence-corrected chi connectivity index (χ2v) is 6.01. The molecule has 0 saturated heterocycles. The van der Waals surface area contributed by atoms with Crippen molar-refractivity contribution >= 4 is 27.5 Å². The normalized spacial score (nSPS) is 45.0. The van der Waals surface area contributed by atoms with Gasteiger partial charge in [-0.2, -0.15) is 0 Å². The van der Waals surface area contributed by atoms with Crippen LogP contribution in [0.2, 0.25) is 0 Å². The summed E-state index contributed by atoms with van der Waals surface area (Å²) in [6.45, 7) is 3.72. The van der Waals surface area contributed by atoms with E-state index < -0.39 is 0 Å². The molecule has 0 heterocycles. The van der Waals surface area contributed by atoms with Crippen molar-refractivity contribution in [1.82, 2.24) is 0 Å². The van der Waals surface area contributed by atoms with E-state index in [9.17, 15) is 0 Å². The molecule has 3 aliphatic carbocycles. The molecular formula is C10H12BrCl. The highest BCUT2D eigenvalue weighted by Crippen LogP contribution is 2.64. The van der Waals surface area contributed by atoms with Gasteiger partial charge in [-0.25, -0.2) is 0 Å². The van der Waals surface area contributed by atoms with Crippen molar-refractivity contribution in [1.29, 1.82) is 0 Å². The number of alkyl halides is 2. The topological polar surface area (TPSA) is 0 Å². The summed E-state index contributed by atoms with van der Waals surface area (Å²) < 4.78 is -0.125. The number of hydrogen-bond donors (Lipinski definition) is 0. The lowest BCUT2D eigenvalue weighted by atomic mass is 9.60. The quantitative estimate of drug-likeness (QED) is 0.617. The number of hydrogen-bond acceptors (Lipinski definition) is 0. The van der Waals surface area contributed by atoms with Gasteiger partial charge in [-0.3, -0.25) is 0 Å². The Labute approximate surface area is 86.8 Å². The van der Waals surface area contributed by atoms with Crippen molar-refractivity contribution < 1.29 is 0 Å². The van der Waals surface area contributed by atoms with Crippen LogP contribution in [-0.2, 0) is 0 Å². The third-order valence-corrected chi connectivity index (χ3v) is 4.66. The van der Waals surface area contributed by atoms with E-state index in [0.717, 1.165) is 0 Å². The van der Waals surface area contributed by atoms with E-state index in [1.54, 1.807) is 0 Å². The van der Waals surface area contributed by atoms with E-state index in [0.29, 0.717) is 11.8 Å². The molecule has 0 nitrogen and oxygen atoms in total. The zero-order chi connectivity index (χ0) is 8.77. The van der Waals surface area contributed by atoms with Crippen molar-refractivity contribution in [2.45, 2.75) is 23.0 Å². The van der Waals surface area contributed by atoms with E-state index >= 15 is 0 Å². The molecule has 0 aromatic rings. The zero-order valence-electron chi connectivity index (χ0n) is 6.89. The summed E-state index contributed by atoms with van der Waals surface area (Å²) in [5, 5.41) is 0. The smallest absolute Gasteiger partial charge is 0.105 e. The van der Waals surface area contributed by atoms with Crippen LogP contribution in [0.1, 0.15) is 19.3 Å². The highest BCUT2D eigenvalue weighted by Gasteiger charge is 2.57. The SMILES string of the molecule is C=CC=C1C2CCCC1C2(Cl)Br. The van der Waals surface area contributed by atoms with E-state index in [-0.39, 0.29) is 3.78 Å². The number of allylic oxidation sites excluding steroid dienone is 3. The van der Waals surface area contributed by atoms with Gasteiger partial charge in [0, 0.05) is 11.8 Å². The second kappa shape index (κ2) is 2.88. The van der Waals surface area contributed by atoms with Gasteiger partial charge in [0.15, 0.2) is 0 Å². The first kappa shape index (κ1) is 8.83. The number of halogens is 2. The third kappa shape index (κ3) is 1.03. The van der Waals surface area contributed by atoms with Gasteiger partial charge in [0.05, 0.1) is 0 Å². The first-order chi connectivity index (χ1) is 5.68. The molecule has 66 valence electrons. The van der Waals surface area contributed by atoms with Crippen LogP contribution in [-0.4, -0.2) is 3.78 Å². The van der Waals surface area contributed by atoms with Gasteiger partial charge >= 0.3 is 0 Å². The Morgan fingerprint density at radius 3 is 2.50 bits per heavy atom. The van der Waals surface area contributed by atoms with Gasteiger partial charge in [-0.05, 0) is 12.8 Å². The van der Waals surface area contributed by atoms with Gasteiger partial charge in [-0.15, -0.1) is 11.6 Å². The Balaban J connectivity index is 2.25. The first-order valence-corrected chi connectivity index (χ1v) is 5.55. The predicted molar refractivity (Wildman–Crippen MR) is 56.6 cm³/mol. The van der Waals surface area contributed by atoms with Crippen LogP contribution in [0.4, 0.5) is 0 Å². The average Bonchev–Trinajstić information content (AvgIpc) is 2.06. The Bertz CT molecular complexity index is 226. The van der Waals surface area contributed by atoms with Gasteiger partial charge in [0.25, 0.3) is 0 Å². The molecule has 12 heavy (non-hydrogen) atoms. The summed E-state index contributed by atoms with van der Waals surface area (Å²) in [5.41, 5.74) is 1.50. The molecule has 2 bridgehead atoms. The average molecular weight is 248 g/mol. The standard InChI is InChI=1S/C10H12BrCl/c1-2-4-7-8-5-3-6-9(7)10(8,11)12/h2,4,8-9H,1,3,5-6H2. The lowest BCUT2D eigenvalue weighted by Crippen LogP contribution is -2.51. The van der Waals surface area contributed by atoms with Gasteiger partial charge in [0.2, 0.25) is 0 Å². The molecular weight excluding hydrogens is 235 g/mol. The zero-order valence-corrected chi connectivity index (χ0v) is 9.24. The van der Waals surface area contributed by atoms with Crippen LogP contribution >= 0.6 is 27.5 Å². The van der Waals surface area contributed by atoms with Crippen LogP contribution < -0.4 is 0 Å². The summed E-state index contributed by atoms with van der Waals surface area (Å²) >= 11 is 9.95. The molecule has 0 spiro atoms. The largest absolute Gasteiger partial charge is 0.112 e. The fourth-order valence-electron chi connectivity index (χ4n) is 2.45. The van der Waals surface area contributed by atoms with Crippen LogP contribution in [0.5, 0.6) is 0 Å². The van der Waals surface area contributed by atoms with E-state index in [2.05, 4.69) is 28.6 Å². The minimum atomic E-state index is -0.125. The highest BCUT2D eigenvalue weighted by molar-refractivity contribution is 9.10. The van der Waals surface area contributed by atoms with Crippen LogP contribution in [0.25, 0.3) is 0 Å². The molecule has 0 N–H and O–H groups in total. The highest BCUT2D eigenvalue weighted by atomic mass is 79.9. The van der Waals surface area contributed by atoms with E-state index in [1.807, 2.05) is 6.08 Å². The first-order valence-electron chi connectivity index (χ1n) is 4.38. The van der Waals surface area contributed by atoms with E-state index in [4.69, 9.17) is 11.6 Å². The molecule has 3 saturated carbocycles. The number of fused-ring (bicyclic) bond motifs is 2. The van der Waals surface area contributed by atoms with E-state index in [1.165, 1.54) is 24.8 Å². The summed E-state index contributed by atoms with van der Waals surface area (Å²) in [5.74, 6) is 1.10. The summed E-state index contributed by atoms with van der Waals surface area (Å²) in [6.07, 6.45) is 7.79. The Morgan fingerprint density at radius 2 is 2.08 bits per heavy atom. The van der Waals surface area contributed by atoms with Gasteiger partial charge in [-0.1, -0.05) is 46.7 Å². The van der Waals surface area contributed by atoms with Crippen molar-refractivity contribution in [3.63, 3.8) is 0 Å². The fourth-order valence-corrected chi connectivity index (χ4v) is 3.90. The maximum absolute atomic E-state index is 6.34. The second-order valence-electron chi connectivity index (χ2n) is 3.61. The molecule has 0 aliphatic heterocycles. The van der Waals surface area contributed by atoms with Crippen molar-refractivity contribution in [3.8, 4) is 0 Å². The molecule has 2 heteroatoms. The predicted octanol–water partition coefficient (Wildman–Crippen LogP) is 3.86. The van der Waals surface area contributed by atoms with Crippen molar-refractivity contribution in [2.24, 2.45) is 11.8 Å². The minimum Gasteiger partial charge on any atom is -0.105 e. The molecule has 3 rings (SSSR count). The maximum Gasteiger partial charge on any atom is 0.112 e. The van der Waals surface area contributed by atoms with Gasteiger partial charge in [0.1, 0.15) is 3.78 Å². The Morgan fingerprint density at radius 1 is 1.50 bits per heavy atom. The van der Waals surface area contributed by atoms with Crippen LogP contribution in [0, 0.1) is 11.8 Å². The van der Waals surface area contributed by atoms with Crippen LogP contribution in [0.15, 0.2) is 24.3 Å². The molecule has 2 unspecified atom stereocenters. The third-order valence-electron chi connectivity index (χ3n) is 3.03. The lowest BCUT2D eigenvalue weighted by molar-refractivity contribution is 0.205. The minimum absolute atomic E-state index is 0.125. The lowest BCUT2D eigenvalue weighted by Gasteiger charge is -2.55. The van der Waals surface area contributed by atoms with Crippen molar-refractivity contribution in [3.05, 3.63) is 24.3 Å². The Hall–Kier alpha value is 0.250. The fraction of sp³-hybridized carbons (Fsp3) is 0.600. The Kier molecular flexibility index (Phi) is 2.12. The molecule has 3 aliphatic rings. The molecule has 3 fully saturated rings.